The van der Waals surface area contributed by atoms with E-state index in [9.17, 15) is 4.79 Å². The zero-order chi connectivity index (χ0) is 15.4. The molecule has 3 unspecified atom stereocenters. The van der Waals surface area contributed by atoms with Gasteiger partial charge in [0.15, 0.2) is 0 Å². The smallest absolute Gasteiger partial charge is 0.239 e. The highest BCUT2D eigenvalue weighted by molar-refractivity contribution is 5.82. The molecule has 1 aromatic heterocycles. The van der Waals surface area contributed by atoms with Gasteiger partial charge in [0.2, 0.25) is 5.91 Å². The van der Waals surface area contributed by atoms with Gasteiger partial charge < -0.3 is 15.4 Å². The lowest BCUT2D eigenvalue weighted by Gasteiger charge is -2.35. The van der Waals surface area contributed by atoms with Gasteiger partial charge in [-0.3, -0.25) is 9.48 Å². The summed E-state index contributed by atoms with van der Waals surface area (Å²) in [6.07, 6.45) is 4.69. The molecule has 1 aliphatic heterocycles. The molecule has 1 aliphatic rings. The number of aryl methyl sites for hydroxylation is 1. The van der Waals surface area contributed by atoms with Crippen molar-refractivity contribution >= 4 is 5.91 Å². The maximum Gasteiger partial charge on any atom is 0.239 e. The van der Waals surface area contributed by atoms with Crippen LogP contribution < -0.4 is 5.73 Å². The van der Waals surface area contributed by atoms with Crippen molar-refractivity contribution in [1.29, 1.82) is 0 Å². The van der Waals surface area contributed by atoms with Crippen LogP contribution in [-0.4, -0.2) is 52.4 Å². The molecule has 1 aromatic rings. The Morgan fingerprint density at radius 1 is 1.62 bits per heavy atom. The predicted molar refractivity (Wildman–Crippen MR) is 80.7 cm³/mol. The first kappa shape index (κ1) is 16.0. The number of hydrogen-bond donors (Lipinski definition) is 1. The van der Waals surface area contributed by atoms with Gasteiger partial charge in [0.05, 0.1) is 31.5 Å². The zero-order valence-electron chi connectivity index (χ0n) is 13.2. The summed E-state index contributed by atoms with van der Waals surface area (Å²) in [5.41, 5.74) is 7.18. The number of nitrogens with zero attached hydrogens (tertiary/aromatic N) is 3. The Morgan fingerprint density at radius 2 is 2.38 bits per heavy atom. The second-order valence-corrected chi connectivity index (χ2v) is 5.93. The third-order valence-corrected chi connectivity index (χ3v) is 4.15. The molecule has 3 atom stereocenters. The molecule has 0 spiro atoms. The van der Waals surface area contributed by atoms with Gasteiger partial charge in [-0.05, 0) is 18.4 Å². The molecule has 118 valence electrons. The summed E-state index contributed by atoms with van der Waals surface area (Å²) in [6.45, 7) is 8.51. The van der Waals surface area contributed by atoms with E-state index in [0.29, 0.717) is 26.2 Å². The number of amides is 1. The molecule has 21 heavy (non-hydrogen) atoms. The summed E-state index contributed by atoms with van der Waals surface area (Å²) in [5.74, 6) is 0.238. The fourth-order valence-electron chi connectivity index (χ4n) is 2.51. The molecule has 2 N–H and O–H groups in total. The Balaban J connectivity index is 1.92. The minimum atomic E-state index is -0.416. The van der Waals surface area contributed by atoms with Gasteiger partial charge in [-0.25, -0.2) is 0 Å². The van der Waals surface area contributed by atoms with Gasteiger partial charge in [0, 0.05) is 19.3 Å². The summed E-state index contributed by atoms with van der Waals surface area (Å²) in [5, 5.41) is 4.26. The van der Waals surface area contributed by atoms with Crippen molar-refractivity contribution in [3.8, 4) is 0 Å². The van der Waals surface area contributed by atoms with Gasteiger partial charge in [-0.2, -0.15) is 5.10 Å². The summed E-state index contributed by atoms with van der Waals surface area (Å²) in [7, 11) is 0. The highest BCUT2D eigenvalue weighted by Crippen LogP contribution is 2.13. The van der Waals surface area contributed by atoms with E-state index in [1.165, 1.54) is 0 Å². The number of ether oxygens (including phenoxy) is 1. The fraction of sp³-hybridized carbons (Fsp3) is 0.733. The van der Waals surface area contributed by atoms with E-state index in [1.54, 1.807) is 0 Å². The molecule has 0 aromatic carbocycles. The molecule has 0 radical (unpaired) electrons. The first-order chi connectivity index (χ1) is 10.0. The van der Waals surface area contributed by atoms with Crippen LogP contribution in [0, 0.1) is 12.8 Å². The third-order valence-electron chi connectivity index (χ3n) is 4.15. The Morgan fingerprint density at radius 3 is 3.00 bits per heavy atom. The Kier molecular flexibility index (Phi) is 5.36. The predicted octanol–water partition coefficient (Wildman–Crippen LogP) is 0.792. The van der Waals surface area contributed by atoms with Gasteiger partial charge in [0.25, 0.3) is 0 Å². The number of morpholine rings is 1. The van der Waals surface area contributed by atoms with Crippen molar-refractivity contribution in [3.05, 3.63) is 18.0 Å². The van der Waals surface area contributed by atoms with Crippen LogP contribution in [-0.2, 0) is 16.1 Å². The molecule has 0 bridgehead atoms. The van der Waals surface area contributed by atoms with Crippen LogP contribution >= 0.6 is 0 Å². The number of aromatic nitrogens is 2. The largest absolute Gasteiger partial charge is 0.373 e. The highest BCUT2D eigenvalue weighted by Gasteiger charge is 2.29. The minimum absolute atomic E-state index is 0.0221. The molecule has 6 nitrogen and oxygen atoms in total. The summed E-state index contributed by atoms with van der Waals surface area (Å²) < 4.78 is 7.61. The molecule has 0 saturated carbocycles. The molecule has 2 heterocycles. The maximum atomic E-state index is 12.4. The lowest BCUT2D eigenvalue weighted by Crippen LogP contribution is -2.53. The second-order valence-electron chi connectivity index (χ2n) is 5.93. The van der Waals surface area contributed by atoms with Crippen molar-refractivity contribution in [3.63, 3.8) is 0 Å². The summed E-state index contributed by atoms with van der Waals surface area (Å²) >= 11 is 0. The van der Waals surface area contributed by atoms with Crippen molar-refractivity contribution < 1.29 is 9.53 Å². The number of nitrogens with two attached hydrogens (primary N) is 1. The van der Waals surface area contributed by atoms with E-state index >= 15 is 0 Å². The van der Waals surface area contributed by atoms with Gasteiger partial charge in [0.1, 0.15) is 0 Å². The molecule has 0 aliphatic carbocycles. The van der Waals surface area contributed by atoms with E-state index in [1.807, 2.05) is 35.8 Å². The first-order valence-electron chi connectivity index (χ1n) is 7.66. The zero-order valence-corrected chi connectivity index (χ0v) is 13.2. The Bertz CT molecular complexity index is 474. The normalized spacial score (nSPS) is 22.1. The number of rotatable bonds is 5. The van der Waals surface area contributed by atoms with Crippen LogP contribution in [0.25, 0.3) is 0 Å². The molecule has 2 rings (SSSR count). The summed E-state index contributed by atoms with van der Waals surface area (Å²) in [6, 6.07) is -0.416. The topological polar surface area (TPSA) is 73.4 Å². The van der Waals surface area contributed by atoms with E-state index in [0.717, 1.165) is 12.0 Å². The van der Waals surface area contributed by atoms with E-state index in [4.69, 9.17) is 10.5 Å². The molecule has 1 amide bonds. The number of carbonyl (C=O) groups is 1. The van der Waals surface area contributed by atoms with Crippen LogP contribution in [0.2, 0.25) is 0 Å². The summed E-state index contributed by atoms with van der Waals surface area (Å²) in [4.78, 5) is 14.3. The van der Waals surface area contributed by atoms with Crippen molar-refractivity contribution in [2.24, 2.45) is 11.7 Å². The highest BCUT2D eigenvalue weighted by atomic mass is 16.5. The van der Waals surface area contributed by atoms with Gasteiger partial charge in [-0.1, -0.05) is 20.3 Å². The first-order valence-corrected chi connectivity index (χ1v) is 7.66. The quantitative estimate of drug-likeness (QED) is 0.871. The van der Waals surface area contributed by atoms with E-state index in [-0.39, 0.29) is 17.9 Å². The fourth-order valence-corrected chi connectivity index (χ4v) is 2.51. The Labute approximate surface area is 126 Å². The third kappa shape index (κ3) is 4.04. The second kappa shape index (κ2) is 7.04. The Hall–Kier alpha value is -1.40. The van der Waals surface area contributed by atoms with Crippen LogP contribution in [0.4, 0.5) is 0 Å². The van der Waals surface area contributed by atoms with Crippen molar-refractivity contribution in [2.45, 2.75) is 45.9 Å². The van der Waals surface area contributed by atoms with Gasteiger partial charge >= 0.3 is 0 Å². The average molecular weight is 294 g/mol. The molecule has 6 heteroatoms. The van der Waals surface area contributed by atoms with Gasteiger partial charge in [-0.15, -0.1) is 0 Å². The van der Waals surface area contributed by atoms with Crippen LogP contribution in [0.15, 0.2) is 12.4 Å². The monoisotopic (exact) mass is 294 g/mol. The lowest BCUT2D eigenvalue weighted by atomic mass is 9.98. The molecule has 1 saturated heterocycles. The van der Waals surface area contributed by atoms with E-state index in [2.05, 4.69) is 12.0 Å². The van der Waals surface area contributed by atoms with Crippen LogP contribution in [0.1, 0.15) is 25.8 Å². The van der Waals surface area contributed by atoms with Crippen LogP contribution in [0.3, 0.4) is 0 Å². The average Bonchev–Trinajstić information content (AvgIpc) is 2.90. The SMILES string of the molecule is CCC(C)C(N)C(=O)N1CCOC(Cn2cc(C)cn2)C1. The number of carbonyl (C=O) groups excluding carboxylic acids is 1. The minimum Gasteiger partial charge on any atom is -0.373 e. The maximum absolute atomic E-state index is 12.4. The van der Waals surface area contributed by atoms with Crippen molar-refractivity contribution in [2.75, 3.05) is 19.7 Å². The van der Waals surface area contributed by atoms with Crippen molar-refractivity contribution in [1.82, 2.24) is 14.7 Å². The molecular formula is C15H26N4O2. The van der Waals surface area contributed by atoms with E-state index < -0.39 is 6.04 Å². The number of hydrogen-bond acceptors (Lipinski definition) is 4. The standard InChI is InChI=1S/C15H26N4O2/c1-4-12(3)14(16)15(20)18-5-6-21-13(9-18)10-19-8-11(2)7-17-19/h7-8,12-14H,4-6,9-10,16H2,1-3H3. The lowest BCUT2D eigenvalue weighted by molar-refractivity contribution is -0.141. The molecular weight excluding hydrogens is 268 g/mol. The molecule has 1 fully saturated rings. The van der Waals surface area contributed by atoms with Crippen LogP contribution in [0.5, 0.6) is 0 Å².